The second-order valence-corrected chi connectivity index (χ2v) is 5.78. The Morgan fingerprint density at radius 2 is 1.92 bits per heavy atom. The van der Waals surface area contributed by atoms with E-state index in [1.54, 1.807) is 13.3 Å². The first-order valence-electron chi connectivity index (χ1n) is 8.51. The van der Waals surface area contributed by atoms with Gasteiger partial charge in [0.05, 0.1) is 6.26 Å². The monoisotopic (exact) mass is 451 g/mol. The predicted molar refractivity (Wildman–Crippen MR) is 106 cm³/mol. The first kappa shape index (κ1) is 21.2. The number of furan rings is 1. The van der Waals surface area contributed by atoms with Crippen molar-refractivity contribution in [1.82, 2.24) is 10.6 Å². The zero-order valence-corrected chi connectivity index (χ0v) is 16.8. The van der Waals surface area contributed by atoms with E-state index in [1.165, 1.54) is 12.8 Å². The van der Waals surface area contributed by atoms with Crippen molar-refractivity contribution in [3.8, 4) is 0 Å². The molecular weight excluding hydrogens is 421 g/mol. The molecule has 0 saturated heterocycles. The van der Waals surface area contributed by atoms with Gasteiger partial charge in [0.25, 0.3) is 0 Å². The summed E-state index contributed by atoms with van der Waals surface area (Å²) in [4.78, 5) is 4.20. The molecule has 0 amide bonds. The maximum absolute atomic E-state index is 5.60. The molecule has 138 valence electrons. The average molecular weight is 451 g/mol. The van der Waals surface area contributed by atoms with Crippen molar-refractivity contribution in [2.75, 3.05) is 40.0 Å². The second kappa shape index (κ2) is 13.5. The molecule has 0 radical (unpaired) electrons. The maximum atomic E-state index is 5.60. The summed E-state index contributed by atoms with van der Waals surface area (Å²) in [6.45, 7) is 4.68. The fourth-order valence-electron chi connectivity index (χ4n) is 2.08. The summed E-state index contributed by atoms with van der Waals surface area (Å²) in [7, 11) is 1.78. The van der Waals surface area contributed by atoms with Gasteiger partial charge in [-0.2, -0.15) is 0 Å². The highest BCUT2D eigenvalue weighted by Gasteiger charge is 2.20. The number of aliphatic imine (C=N–C) groups is 1. The van der Waals surface area contributed by atoms with E-state index in [0.29, 0.717) is 13.2 Å². The van der Waals surface area contributed by atoms with Crippen molar-refractivity contribution in [1.29, 1.82) is 0 Å². The normalized spacial score (nSPS) is 14.3. The molecule has 0 bridgehead atoms. The minimum Gasteiger partial charge on any atom is -0.467 e. The first-order valence-corrected chi connectivity index (χ1v) is 8.51. The highest BCUT2D eigenvalue weighted by Crippen LogP contribution is 2.28. The van der Waals surface area contributed by atoms with Crippen molar-refractivity contribution in [3.63, 3.8) is 0 Å². The van der Waals surface area contributed by atoms with E-state index in [-0.39, 0.29) is 24.0 Å². The molecule has 1 aliphatic carbocycles. The highest BCUT2D eigenvalue weighted by molar-refractivity contribution is 14.0. The van der Waals surface area contributed by atoms with E-state index in [4.69, 9.17) is 13.9 Å². The number of guanidine groups is 1. The van der Waals surface area contributed by atoms with Gasteiger partial charge in [-0.1, -0.05) is 0 Å². The van der Waals surface area contributed by atoms with Crippen LogP contribution in [0.15, 0.2) is 27.8 Å². The van der Waals surface area contributed by atoms with Crippen LogP contribution in [0.25, 0.3) is 0 Å². The van der Waals surface area contributed by atoms with Crippen LogP contribution < -0.4 is 10.6 Å². The lowest BCUT2D eigenvalue weighted by Gasteiger charge is -2.12. The third-order valence-electron chi connectivity index (χ3n) is 3.61. The molecule has 24 heavy (non-hydrogen) atoms. The van der Waals surface area contributed by atoms with Crippen molar-refractivity contribution in [2.45, 2.75) is 32.3 Å². The number of ether oxygens (including phenoxy) is 2. The van der Waals surface area contributed by atoms with Gasteiger partial charge in [0, 0.05) is 40.0 Å². The molecule has 7 heteroatoms. The fourth-order valence-corrected chi connectivity index (χ4v) is 2.08. The van der Waals surface area contributed by atoms with Gasteiger partial charge in [-0.3, -0.25) is 4.99 Å². The molecule has 0 atom stereocenters. The third-order valence-corrected chi connectivity index (χ3v) is 3.61. The van der Waals surface area contributed by atoms with Gasteiger partial charge >= 0.3 is 0 Å². The van der Waals surface area contributed by atoms with Gasteiger partial charge in [0.15, 0.2) is 5.96 Å². The van der Waals surface area contributed by atoms with E-state index in [0.717, 1.165) is 56.8 Å². The number of nitrogens with one attached hydrogen (secondary N) is 2. The number of hydrogen-bond acceptors (Lipinski definition) is 4. The van der Waals surface area contributed by atoms with Crippen LogP contribution in [0.2, 0.25) is 0 Å². The molecule has 1 aromatic rings. The number of rotatable bonds is 12. The summed E-state index contributed by atoms with van der Waals surface area (Å²) in [5.74, 6) is 2.53. The molecule has 1 aromatic heterocycles. The lowest BCUT2D eigenvalue weighted by molar-refractivity contribution is 0.105. The molecular formula is C17H30IN3O3. The molecule has 1 heterocycles. The van der Waals surface area contributed by atoms with E-state index in [1.807, 2.05) is 12.1 Å². The van der Waals surface area contributed by atoms with E-state index in [9.17, 15) is 0 Å². The Balaban J connectivity index is 0.00000288. The third kappa shape index (κ3) is 10.1. The van der Waals surface area contributed by atoms with Crippen LogP contribution in [0.4, 0.5) is 0 Å². The Morgan fingerprint density at radius 3 is 2.50 bits per heavy atom. The van der Waals surface area contributed by atoms with Gasteiger partial charge in [-0.15, -0.1) is 24.0 Å². The summed E-state index contributed by atoms with van der Waals surface area (Å²) < 4.78 is 16.3. The van der Waals surface area contributed by atoms with Crippen molar-refractivity contribution < 1.29 is 13.9 Å². The smallest absolute Gasteiger partial charge is 0.190 e. The Morgan fingerprint density at radius 1 is 1.21 bits per heavy atom. The Bertz CT molecular complexity index is 436. The van der Waals surface area contributed by atoms with Crippen molar-refractivity contribution in [2.24, 2.45) is 10.9 Å². The number of halogens is 1. The predicted octanol–water partition coefficient (Wildman–Crippen LogP) is 2.79. The molecule has 0 spiro atoms. The van der Waals surface area contributed by atoms with Gasteiger partial charge in [-0.05, 0) is 43.7 Å². The lowest BCUT2D eigenvalue weighted by atomic mass is 10.4. The van der Waals surface area contributed by atoms with Crippen molar-refractivity contribution in [3.05, 3.63) is 24.2 Å². The van der Waals surface area contributed by atoms with Gasteiger partial charge in [0.2, 0.25) is 0 Å². The van der Waals surface area contributed by atoms with Crippen LogP contribution in [-0.2, 0) is 16.1 Å². The second-order valence-electron chi connectivity index (χ2n) is 5.78. The van der Waals surface area contributed by atoms with Crippen LogP contribution in [0.3, 0.4) is 0 Å². The minimum atomic E-state index is 0. The molecule has 1 aliphatic rings. The quantitative estimate of drug-likeness (QED) is 0.222. The molecule has 0 unspecified atom stereocenters. The molecule has 1 saturated carbocycles. The SMILES string of the molecule is CN=C(NCCCOCc1ccco1)NCCCOCC1CC1.I. The average Bonchev–Trinajstić information content (AvgIpc) is 3.25. The largest absolute Gasteiger partial charge is 0.467 e. The topological polar surface area (TPSA) is 68.0 Å². The van der Waals surface area contributed by atoms with Crippen molar-refractivity contribution >= 4 is 29.9 Å². The van der Waals surface area contributed by atoms with Crippen LogP contribution in [0, 0.1) is 5.92 Å². The summed E-state index contributed by atoms with van der Waals surface area (Å²) >= 11 is 0. The zero-order chi connectivity index (χ0) is 16.2. The lowest BCUT2D eigenvalue weighted by Crippen LogP contribution is -2.38. The summed E-state index contributed by atoms with van der Waals surface area (Å²) in [5.41, 5.74) is 0. The molecule has 6 nitrogen and oxygen atoms in total. The Labute approximate surface area is 161 Å². The number of hydrogen-bond donors (Lipinski definition) is 2. The molecule has 2 N–H and O–H groups in total. The Kier molecular flexibility index (Phi) is 11.9. The van der Waals surface area contributed by atoms with Gasteiger partial charge in [-0.25, -0.2) is 0 Å². The summed E-state index contributed by atoms with van der Waals surface area (Å²) in [5, 5.41) is 6.57. The minimum absolute atomic E-state index is 0. The molecule has 2 rings (SSSR count). The molecule has 1 fully saturated rings. The summed E-state index contributed by atoms with van der Waals surface area (Å²) in [6, 6.07) is 3.78. The van der Waals surface area contributed by atoms with Gasteiger partial charge < -0.3 is 24.5 Å². The van der Waals surface area contributed by atoms with E-state index >= 15 is 0 Å². The van der Waals surface area contributed by atoms with E-state index in [2.05, 4.69) is 15.6 Å². The highest BCUT2D eigenvalue weighted by atomic mass is 127. The van der Waals surface area contributed by atoms with Crippen LogP contribution >= 0.6 is 24.0 Å². The number of nitrogens with zero attached hydrogens (tertiary/aromatic N) is 1. The van der Waals surface area contributed by atoms with Crippen LogP contribution in [0.1, 0.15) is 31.4 Å². The Hall–Kier alpha value is -0.800. The van der Waals surface area contributed by atoms with Gasteiger partial charge in [0.1, 0.15) is 12.4 Å². The fraction of sp³-hybridized carbons (Fsp3) is 0.706. The zero-order valence-electron chi connectivity index (χ0n) is 14.5. The molecule has 0 aromatic carbocycles. The van der Waals surface area contributed by atoms with E-state index < -0.39 is 0 Å². The molecule has 0 aliphatic heterocycles. The van der Waals surface area contributed by atoms with Crippen LogP contribution in [-0.4, -0.2) is 45.9 Å². The summed E-state index contributed by atoms with van der Waals surface area (Å²) in [6.07, 6.45) is 6.28. The first-order chi connectivity index (χ1) is 11.4. The maximum Gasteiger partial charge on any atom is 0.190 e. The standard InChI is InChI=1S/C17H29N3O3.HI/c1-18-17(19-8-3-10-21-13-15-6-7-15)20-9-4-11-22-14-16-5-2-12-23-16;/h2,5,12,15H,3-4,6-11,13-14H2,1H3,(H2,18,19,20);1H. The van der Waals surface area contributed by atoms with Crippen LogP contribution in [0.5, 0.6) is 0 Å².